The van der Waals surface area contributed by atoms with Gasteiger partial charge in [0.15, 0.2) is 5.75 Å². The van der Waals surface area contributed by atoms with Crippen LogP contribution in [0, 0.1) is 18.5 Å². The third-order valence-electron chi connectivity index (χ3n) is 4.58. The van der Waals surface area contributed by atoms with Crippen LogP contribution in [-0.2, 0) is 17.6 Å². The highest BCUT2D eigenvalue weighted by Gasteiger charge is 2.16. The molecule has 6 nitrogen and oxygen atoms in total. The van der Waals surface area contributed by atoms with Gasteiger partial charge in [0.25, 0.3) is 0 Å². The maximum absolute atomic E-state index is 11.0. The molecule has 0 bridgehead atoms. The minimum absolute atomic E-state index is 0.166. The number of phenols is 1. The monoisotopic (exact) mass is 640 g/mol. The van der Waals surface area contributed by atoms with Crippen LogP contribution in [0.2, 0.25) is 0 Å². The van der Waals surface area contributed by atoms with Crippen molar-refractivity contribution in [2.75, 3.05) is 0 Å². The second-order valence-corrected chi connectivity index (χ2v) is 9.24. The Bertz CT molecular complexity index is 1130. The molecule has 0 radical (unpaired) electrons. The van der Waals surface area contributed by atoms with Crippen molar-refractivity contribution in [3.8, 4) is 23.3 Å². The molecule has 0 aliphatic heterocycles. The number of aromatic hydroxyl groups is 1. The van der Waals surface area contributed by atoms with Crippen LogP contribution in [0.25, 0.3) is 0 Å². The summed E-state index contributed by atoms with van der Waals surface area (Å²) in [5, 5.41) is 28.2. The average Bonchev–Trinajstić information content (AvgIpc) is 2.73. The largest absolute Gasteiger partial charge is 0.508 e. The van der Waals surface area contributed by atoms with Crippen molar-refractivity contribution in [1.29, 1.82) is 5.26 Å². The Morgan fingerprint density at radius 1 is 1.06 bits per heavy atom. The quantitative estimate of drug-likeness (QED) is 0.320. The van der Waals surface area contributed by atoms with Gasteiger partial charge in [-0.3, -0.25) is 4.79 Å². The van der Waals surface area contributed by atoms with E-state index in [4.69, 9.17) is 20.8 Å². The lowest BCUT2D eigenvalue weighted by Gasteiger charge is -2.14. The van der Waals surface area contributed by atoms with Gasteiger partial charge in [0.05, 0.1) is 18.8 Å². The number of ether oxygens (including phenoxy) is 1. The first-order valence-corrected chi connectivity index (χ1v) is 11.4. The topological polar surface area (TPSA) is 117 Å². The molecule has 0 amide bonds. The standard InChI is InChI=1S/C23H18I2N2O4/c24-18-8-15(10-20(27)23(29)30)9-19(25)22(18)31-17-5-6-21(28)16(11-17)7-13-1-3-14(12-26)4-2-13/h1-6,8-9,11,20,28H,7,10,27H2,(H,29,30)/t20-/m0/s1. The molecule has 4 N–H and O–H groups in total. The lowest BCUT2D eigenvalue weighted by Crippen LogP contribution is -2.32. The zero-order valence-corrected chi connectivity index (χ0v) is 20.5. The van der Waals surface area contributed by atoms with Crippen LogP contribution < -0.4 is 10.5 Å². The second kappa shape index (κ2) is 10.3. The van der Waals surface area contributed by atoms with Gasteiger partial charge < -0.3 is 20.7 Å². The van der Waals surface area contributed by atoms with E-state index in [-0.39, 0.29) is 12.2 Å². The van der Waals surface area contributed by atoms with Gasteiger partial charge in [-0.1, -0.05) is 12.1 Å². The first-order valence-electron chi connectivity index (χ1n) is 9.22. The van der Waals surface area contributed by atoms with Crippen LogP contribution in [-0.4, -0.2) is 22.2 Å². The number of carboxylic acids is 1. The summed E-state index contributed by atoms with van der Waals surface area (Å²) in [5.74, 6) is 0.361. The van der Waals surface area contributed by atoms with Gasteiger partial charge in [-0.2, -0.15) is 5.26 Å². The summed E-state index contributed by atoms with van der Waals surface area (Å²) in [6.07, 6.45) is 0.727. The lowest BCUT2D eigenvalue weighted by atomic mass is 10.0. The van der Waals surface area contributed by atoms with Crippen LogP contribution in [0.15, 0.2) is 54.6 Å². The van der Waals surface area contributed by atoms with E-state index in [9.17, 15) is 9.90 Å². The van der Waals surface area contributed by atoms with Gasteiger partial charge in [0, 0.05) is 12.0 Å². The summed E-state index contributed by atoms with van der Waals surface area (Å²) in [6, 6.07) is 17.1. The fourth-order valence-electron chi connectivity index (χ4n) is 2.97. The first-order chi connectivity index (χ1) is 14.8. The summed E-state index contributed by atoms with van der Waals surface area (Å²) in [6.45, 7) is 0. The minimum Gasteiger partial charge on any atom is -0.508 e. The maximum atomic E-state index is 11.0. The SMILES string of the molecule is N#Cc1ccc(Cc2cc(Oc3c(I)cc(C[C@H](N)C(=O)O)cc3I)ccc2O)cc1. The van der Waals surface area contributed by atoms with E-state index < -0.39 is 12.0 Å². The third-order valence-corrected chi connectivity index (χ3v) is 6.18. The Hall–Kier alpha value is -2.36. The molecule has 0 aliphatic carbocycles. The van der Waals surface area contributed by atoms with Crippen molar-refractivity contribution in [1.82, 2.24) is 0 Å². The number of benzene rings is 3. The van der Waals surface area contributed by atoms with Crippen LogP contribution in [0.5, 0.6) is 17.2 Å². The summed E-state index contributed by atoms with van der Waals surface area (Å²) in [4.78, 5) is 11.0. The molecule has 3 aromatic carbocycles. The zero-order chi connectivity index (χ0) is 22.5. The van der Waals surface area contributed by atoms with E-state index >= 15 is 0 Å². The molecule has 0 aromatic heterocycles. The smallest absolute Gasteiger partial charge is 0.320 e. The number of hydrogen-bond donors (Lipinski definition) is 3. The highest BCUT2D eigenvalue weighted by atomic mass is 127. The van der Waals surface area contributed by atoms with Crippen LogP contribution in [0.4, 0.5) is 0 Å². The van der Waals surface area contributed by atoms with Gasteiger partial charge in [-0.25, -0.2) is 0 Å². The summed E-state index contributed by atoms with van der Waals surface area (Å²) in [7, 11) is 0. The molecule has 1 atom stereocenters. The highest BCUT2D eigenvalue weighted by Crippen LogP contribution is 2.35. The lowest BCUT2D eigenvalue weighted by molar-refractivity contribution is -0.138. The van der Waals surface area contributed by atoms with E-state index in [2.05, 4.69) is 51.3 Å². The molecule has 0 saturated heterocycles. The predicted octanol–water partition coefficient (Wildman–Crippen LogP) is 4.81. The summed E-state index contributed by atoms with van der Waals surface area (Å²) >= 11 is 4.30. The Balaban J connectivity index is 1.81. The zero-order valence-electron chi connectivity index (χ0n) is 16.2. The Labute approximate surface area is 206 Å². The molecule has 0 fully saturated rings. The number of nitrogens with zero attached hydrogens (tertiary/aromatic N) is 1. The molecule has 31 heavy (non-hydrogen) atoms. The van der Waals surface area contributed by atoms with Crippen molar-refractivity contribution in [2.45, 2.75) is 18.9 Å². The fourth-order valence-corrected chi connectivity index (χ4v) is 5.09. The number of nitrogens with two attached hydrogens (primary N) is 1. The average molecular weight is 640 g/mol. The molecule has 0 saturated carbocycles. The predicted molar refractivity (Wildman–Crippen MR) is 133 cm³/mol. The van der Waals surface area contributed by atoms with Crippen LogP contribution >= 0.6 is 45.2 Å². The summed E-state index contributed by atoms with van der Waals surface area (Å²) in [5.41, 5.74) is 8.73. The van der Waals surface area contributed by atoms with Crippen molar-refractivity contribution in [3.05, 3.63) is 84.0 Å². The molecule has 158 valence electrons. The Morgan fingerprint density at radius 3 is 2.29 bits per heavy atom. The van der Waals surface area contributed by atoms with Gasteiger partial charge in [0.2, 0.25) is 0 Å². The molecule has 0 unspecified atom stereocenters. The normalized spacial score (nSPS) is 11.5. The molecule has 0 heterocycles. The molecule has 8 heteroatoms. The number of nitriles is 1. The number of halogens is 2. The molecular formula is C23H18I2N2O4. The van der Waals surface area contributed by atoms with E-state index in [1.165, 1.54) is 0 Å². The van der Waals surface area contributed by atoms with E-state index in [0.717, 1.165) is 18.3 Å². The summed E-state index contributed by atoms with van der Waals surface area (Å²) < 4.78 is 7.76. The van der Waals surface area contributed by atoms with Gasteiger partial charge in [-0.05, 0) is 105 Å². The Morgan fingerprint density at radius 2 is 1.71 bits per heavy atom. The van der Waals surface area contributed by atoms with Crippen LogP contribution in [0.3, 0.4) is 0 Å². The van der Waals surface area contributed by atoms with E-state index in [0.29, 0.717) is 29.0 Å². The second-order valence-electron chi connectivity index (χ2n) is 6.92. The third kappa shape index (κ3) is 6.09. The van der Waals surface area contributed by atoms with Crippen molar-refractivity contribution < 1.29 is 19.7 Å². The van der Waals surface area contributed by atoms with Gasteiger partial charge in [-0.15, -0.1) is 0 Å². The number of phenolic OH excluding ortho intramolecular Hbond substituents is 1. The molecule has 0 aliphatic rings. The number of hydrogen-bond acceptors (Lipinski definition) is 5. The number of aliphatic carboxylic acids is 1. The Kier molecular flexibility index (Phi) is 7.74. The highest BCUT2D eigenvalue weighted by molar-refractivity contribution is 14.1. The van der Waals surface area contributed by atoms with Crippen molar-refractivity contribution in [2.24, 2.45) is 5.73 Å². The minimum atomic E-state index is -1.04. The maximum Gasteiger partial charge on any atom is 0.320 e. The number of rotatable bonds is 7. The first kappa shape index (κ1) is 23.3. The molecular weight excluding hydrogens is 622 g/mol. The fraction of sp³-hybridized carbons (Fsp3) is 0.130. The van der Waals surface area contributed by atoms with Crippen molar-refractivity contribution in [3.63, 3.8) is 0 Å². The van der Waals surface area contributed by atoms with Crippen LogP contribution in [0.1, 0.15) is 22.3 Å². The number of carbonyl (C=O) groups is 1. The van der Waals surface area contributed by atoms with Crippen molar-refractivity contribution >= 4 is 51.2 Å². The van der Waals surface area contributed by atoms with E-state index in [1.54, 1.807) is 30.3 Å². The van der Waals surface area contributed by atoms with Gasteiger partial charge in [0.1, 0.15) is 17.5 Å². The molecule has 3 aromatic rings. The van der Waals surface area contributed by atoms with Gasteiger partial charge >= 0.3 is 5.97 Å². The molecule has 0 spiro atoms. The number of carboxylic acid groups (broad SMARTS) is 1. The molecule has 3 rings (SSSR count). The van der Waals surface area contributed by atoms with E-state index in [1.807, 2.05) is 24.3 Å².